The van der Waals surface area contributed by atoms with Crippen molar-refractivity contribution in [3.8, 4) is 0 Å². The van der Waals surface area contributed by atoms with Gasteiger partial charge in [0.05, 0.1) is 30.2 Å². The van der Waals surface area contributed by atoms with Gasteiger partial charge in [-0.05, 0) is 59.4 Å². The van der Waals surface area contributed by atoms with Gasteiger partial charge in [0.2, 0.25) is 0 Å². The van der Waals surface area contributed by atoms with E-state index in [1.54, 1.807) is 27.0 Å². The normalized spacial score (nSPS) is 14.2. The summed E-state index contributed by atoms with van der Waals surface area (Å²) in [5.41, 5.74) is -1.84. The summed E-state index contributed by atoms with van der Waals surface area (Å²) < 4.78 is 82.3. The van der Waals surface area contributed by atoms with Crippen LogP contribution in [0.4, 0.5) is 26.3 Å². The zero-order valence-electron chi connectivity index (χ0n) is 20.2. The monoisotopic (exact) mass is 522 g/mol. The van der Waals surface area contributed by atoms with E-state index in [9.17, 15) is 31.4 Å². The van der Waals surface area contributed by atoms with Gasteiger partial charge in [-0.2, -0.15) is 26.3 Å². The molecule has 37 heavy (non-hydrogen) atoms. The molecule has 1 aromatic carbocycles. The van der Waals surface area contributed by atoms with Gasteiger partial charge < -0.3 is 9.67 Å². The second-order valence-corrected chi connectivity index (χ2v) is 8.77. The van der Waals surface area contributed by atoms with Crippen LogP contribution in [0.25, 0.3) is 10.9 Å². The van der Waals surface area contributed by atoms with E-state index in [2.05, 4.69) is 15.0 Å². The second-order valence-electron chi connectivity index (χ2n) is 8.77. The van der Waals surface area contributed by atoms with E-state index < -0.39 is 30.1 Å². The number of rotatable bonds is 6. The van der Waals surface area contributed by atoms with Gasteiger partial charge in [-0.25, -0.2) is 4.98 Å². The molecule has 0 aliphatic rings. The van der Waals surface area contributed by atoms with Crippen LogP contribution in [0.2, 0.25) is 0 Å². The minimum atomic E-state index is -4.75. The number of hydrogen-bond donors (Lipinski definition) is 1. The van der Waals surface area contributed by atoms with E-state index in [1.807, 2.05) is 0 Å². The zero-order chi connectivity index (χ0) is 27.2. The summed E-state index contributed by atoms with van der Waals surface area (Å²) in [5, 5.41) is 12.5. The average Bonchev–Trinajstić information content (AvgIpc) is 3.27. The molecule has 0 amide bonds. The van der Waals surface area contributed by atoms with E-state index in [1.165, 1.54) is 35.3 Å². The smallest absolute Gasteiger partial charge is 0.374 e. The molecule has 3 aromatic heterocycles. The van der Waals surface area contributed by atoms with Crippen molar-refractivity contribution in [2.24, 2.45) is 7.05 Å². The molecule has 0 radical (unpaired) electrons. The predicted molar refractivity (Wildman–Crippen MR) is 125 cm³/mol. The van der Waals surface area contributed by atoms with Crippen LogP contribution in [-0.2, 0) is 38.1 Å². The molecule has 1 N–H and O–H groups in total. The van der Waals surface area contributed by atoms with Crippen LogP contribution in [-0.4, -0.2) is 30.8 Å². The summed E-state index contributed by atoms with van der Waals surface area (Å²) in [6, 6.07) is 6.60. The Kier molecular flexibility index (Phi) is 6.78. The molecule has 5 nitrogen and oxygen atoms in total. The topological polar surface area (TPSA) is 63.8 Å². The Morgan fingerprint density at radius 3 is 2.19 bits per heavy atom. The highest BCUT2D eigenvalue weighted by Gasteiger charge is 2.40. The van der Waals surface area contributed by atoms with Crippen molar-refractivity contribution in [1.82, 2.24) is 19.5 Å². The van der Waals surface area contributed by atoms with Crippen molar-refractivity contribution >= 4 is 10.9 Å². The largest absolute Gasteiger partial charge is 0.433 e. The number of aliphatic hydroxyl groups is 1. The quantitative estimate of drug-likeness (QED) is 0.321. The molecule has 0 spiro atoms. The first-order valence-corrected chi connectivity index (χ1v) is 11.5. The van der Waals surface area contributed by atoms with Crippen LogP contribution >= 0.6 is 0 Å². The first-order chi connectivity index (χ1) is 17.3. The molecule has 0 saturated carbocycles. The third-order valence-electron chi connectivity index (χ3n) is 6.43. The fourth-order valence-electron chi connectivity index (χ4n) is 4.73. The van der Waals surface area contributed by atoms with Crippen LogP contribution in [0.3, 0.4) is 0 Å². The number of pyridine rings is 2. The fraction of sp³-hybridized carbons (Fsp3) is 0.346. The highest BCUT2D eigenvalue weighted by molar-refractivity contribution is 5.85. The number of benzene rings is 1. The first-order valence-electron chi connectivity index (χ1n) is 11.5. The van der Waals surface area contributed by atoms with E-state index in [0.29, 0.717) is 28.6 Å². The molecule has 196 valence electrons. The number of nitrogens with zero attached hydrogens (tertiary/aromatic N) is 4. The number of halogens is 6. The molecule has 4 aromatic rings. The van der Waals surface area contributed by atoms with Crippen molar-refractivity contribution in [3.63, 3.8) is 0 Å². The van der Waals surface area contributed by atoms with Crippen LogP contribution in [0.1, 0.15) is 53.2 Å². The van der Waals surface area contributed by atoms with Crippen LogP contribution in [0, 0.1) is 0 Å². The molecule has 4 rings (SSSR count). The molecule has 0 bridgehead atoms. The van der Waals surface area contributed by atoms with Gasteiger partial charge in [-0.15, -0.1) is 0 Å². The van der Waals surface area contributed by atoms with Crippen molar-refractivity contribution in [2.45, 2.75) is 51.1 Å². The Labute approximate surface area is 208 Å². The van der Waals surface area contributed by atoms with Crippen LogP contribution in [0.15, 0.2) is 49.1 Å². The molecule has 0 saturated heterocycles. The lowest BCUT2D eigenvalue weighted by Gasteiger charge is -2.30. The lowest BCUT2D eigenvalue weighted by molar-refractivity contribution is -0.141. The van der Waals surface area contributed by atoms with Gasteiger partial charge in [-0.1, -0.05) is 19.9 Å². The molecule has 3 heterocycles. The lowest BCUT2D eigenvalue weighted by Crippen LogP contribution is -2.32. The van der Waals surface area contributed by atoms with Gasteiger partial charge >= 0.3 is 12.4 Å². The molecular weight excluding hydrogens is 498 g/mol. The van der Waals surface area contributed by atoms with Crippen molar-refractivity contribution in [2.75, 3.05) is 0 Å². The summed E-state index contributed by atoms with van der Waals surface area (Å²) in [4.78, 5) is 11.9. The summed E-state index contributed by atoms with van der Waals surface area (Å²) in [5.74, 6) is 0. The number of hydrogen-bond acceptors (Lipinski definition) is 4. The maximum Gasteiger partial charge on any atom is 0.433 e. The molecule has 1 unspecified atom stereocenters. The lowest BCUT2D eigenvalue weighted by atomic mass is 9.82. The summed E-state index contributed by atoms with van der Waals surface area (Å²) in [6.45, 7) is 3.46. The summed E-state index contributed by atoms with van der Waals surface area (Å²) >= 11 is 0. The molecule has 0 fully saturated rings. The Bertz CT molecular complexity index is 1440. The SMILES string of the molecule is CCc1nc2ccc(C(O)(c3ccnc(C(F)(F)F)c3)c3cncn3C)cc2c(CC)c1CC(F)(F)F. The van der Waals surface area contributed by atoms with Gasteiger partial charge in [0.15, 0.2) is 5.60 Å². The predicted octanol–water partition coefficient (Wildman–Crippen LogP) is 5.90. The molecule has 0 aliphatic heterocycles. The van der Waals surface area contributed by atoms with E-state index in [0.717, 1.165) is 12.3 Å². The standard InChI is InChI=1S/C26H24F6N4O/c1-4-17-18-10-15(6-7-21(18)35-20(5-2)19(17)12-24(27,28)29)25(37,23-13-33-14-36(23)3)16-8-9-34-22(11-16)26(30,31)32/h6-11,13-14,37H,4-5,12H2,1-3H3. The minimum absolute atomic E-state index is 0.0782. The number of aryl methyl sites for hydroxylation is 3. The molecule has 0 aliphatic carbocycles. The second kappa shape index (κ2) is 9.44. The highest BCUT2D eigenvalue weighted by Crippen LogP contribution is 2.40. The van der Waals surface area contributed by atoms with Crippen LogP contribution < -0.4 is 0 Å². The first kappa shape index (κ1) is 26.6. The third kappa shape index (κ3) is 4.92. The molecular formula is C26H24F6N4O. The summed E-state index contributed by atoms with van der Waals surface area (Å²) in [7, 11) is 1.58. The number of alkyl halides is 6. The number of imidazole rings is 1. The molecule has 11 heteroatoms. The van der Waals surface area contributed by atoms with E-state index in [4.69, 9.17) is 0 Å². The van der Waals surface area contributed by atoms with E-state index in [-0.39, 0.29) is 28.8 Å². The Hall–Kier alpha value is -3.47. The Morgan fingerprint density at radius 1 is 0.919 bits per heavy atom. The van der Waals surface area contributed by atoms with Crippen LogP contribution in [0.5, 0.6) is 0 Å². The Morgan fingerprint density at radius 2 is 1.62 bits per heavy atom. The molecule has 1 atom stereocenters. The Balaban J connectivity index is 2.03. The van der Waals surface area contributed by atoms with Crippen molar-refractivity contribution in [3.05, 3.63) is 88.4 Å². The number of fused-ring (bicyclic) bond motifs is 1. The maximum absolute atomic E-state index is 13.5. The van der Waals surface area contributed by atoms with Crippen molar-refractivity contribution in [1.29, 1.82) is 0 Å². The van der Waals surface area contributed by atoms with Gasteiger partial charge in [0.25, 0.3) is 0 Å². The van der Waals surface area contributed by atoms with Gasteiger partial charge in [0, 0.05) is 24.3 Å². The highest BCUT2D eigenvalue weighted by atomic mass is 19.4. The third-order valence-corrected chi connectivity index (χ3v) is 6.43. The van der Waals surface area contributed by atoms with Crippen molar-refractivity contribution < 1.29 is 31.4 Å². The number of aromatic nitrogens is 4. The minimum Gasteiger partial charge on any atom is -0.374 e. The van der Waals surface area contributed by atoms with E-state index >= 15 is 0 Å². The maximum atomic E-state index is 13.5. The average molecular weight is 522 g/mol. The van der Waals surface area contributed by atoms with Gasteiger partial charge in [0.1, 0.15) is 5.69 Å². The van der Waals surface area contributed by atoms with Gasteiger partial charge in [-0.3, -0.25) is 9.97 Å². The summed E-state index contributed by atoms with van der Waals surface area (Å²) in [6.07, 6.45) is -6.14. The fourth-order valence-corrected chi connectivity index (χ4v) is 4.73. The zero-order valence-corrected chi connectivity index (χ0v) is 20.2.